The van der Waals surface area contributed by atoms with Crippen LogP contribution in [-0.4, -0.2) is 70.4 Å². The third-order valence-corrected chi connectivity index (χ3v) is 7.77. The number of rotatable bonds is 0. The van der Waals surface area contributed by atoms with E-state index in [-0.39, 0.29) is 30.3 Å². The molecule has 35 heavy (non-hydrogen) atoms. The highest BCUT2D eigenvalue weighted by atomic mass is 35.5. The summed E-state index contributed by atoms with van der Waals surface area (Å²) in [6.45, 7) is 6.69. The van der Waals surface area contributed by atoms with Gasteiger partial charge in [0.25, 0.3) is 5.91 Å². The first-order chi connectivity index (χ1) is 16.6. The number of carbonyl (C=O) groups excluding carboxylic acids is 2. The zero-order chi connectivity index (χ0) is 25.2. The maximum Gasteiger partial charge on any atom is 0.252 e. The Hall–Kier alpha value is -2.42. The highest BCUT2D eigenvalue weighted by Gasteiger charge is 2.37. The molecule has 1 saturated carbocycles. The van der Waals surface area contributed by atoms with Gasteiger partial charge in [0.2, 0.25) is 5.91 Å². The molecule has 8 nitrogen and oxygen atoms in total. The lowest BCUT2D eigenvalue weighted by molar-refractivity contribution is -0.121. The zero-order valence-corrected chi connectivity index (χ0v) is 21.6. The highest BCUT2D eigenvalue weighted by molar-refractivity contribution is 6.34. The van der Waals surface area contributed by atoms with E-state index >= 15 is 0 Å². The van der Waals surface area contributed by atoms with E-state index in [1.54, 1.807) is 16.8 Å². The van der Waals surface area contributed by atoms with E-state index < -0.39 is 5.60 Å². The van der Waals surface area contributed by atoms with E-state index in [0.29, 0.717) is 35.7 Å². The molecule has 6 bridgehead atoms. The van der Waals surface area contributed by atoms with Gasteiger partial charge in [0, 0.05) is 37.4 Å². The number of hydrogen-bond acceptors (Lipinski definition) is 5. The molecule has 1 unspecified atom stereocenters. The van der Waals surface area contributed by atoms with Gasteiger partial charge in [0.15, 0.2) is 0 Å². The molecule has 0 spiro atoms. The first kappa shape index (κ1) is 25.7. The van der Waals surface area contributed by atoms with E-state index in [1.807, 2.05) is 19.1 Å². The number of aromatic nitrogens is 2. The molecule has 1 fully saturated rings. The minimum absolute atomic E-state index is 0.0638. The number of halogens is 1. The molecule has 0 saturated heterocycles. The predicted octanol–water partition coefficient (Wildman–Crippen LogP) is 3.00. The second kappa shape index (κ2) is 10.3. The fourth-order valence-corrected chi connectivity index (χ4v) is 5.49. The Kier molecular flexibility index (Phi) is 7.54. The van der Waals surface area contributed by atoms with Gasteiger partial charge in [0.1, 0.15) is 6.54 Å². The molecule has 2 heterocycles. The Labute approximate surface area is 212 Å². The molecular weight excluding hydrogens is 466 g/mol. The van der Waals surface area contributed by atoms with Crippen LogP contribution >= 0.6 is 11.6 Å². The van der Waals surface area contributed by atoms with Crippen molar-refractivity contribution < 1.29 is 14.7 Å². The van der Waals surface area contributed by atoms with Gasteiger partial charge in [-0.05, 0) is 69.7 Å². The predicted molar refractivity (Wildman–Crippen MR) is 136 cm³/mol. The molecule has 190 valence electrons. The highest BCUT2D eigenvalue weighted by Crippen LogP contribution is 2.39. The van der Waals surface area contributed by atoms with Crippen molar-refractivity contribution in [1.82, 2.24) is 25.3 Å². The van der Waals surface area contributed by atoms with Crippen LogP contribution in [0.4, 0.5) is 0 Å². The third kappa shape index (κ3) is 6.23. The number of carbonyl (C=O) groups is 2. The van der Waals surface area contributed by atoms with Gasteiger partial charge in [-0.3, -0.25) is 14.3 Å². The van der Waals surface area contributed by atoms with E-state index in [1.165, 1.54) is 0 Å². The van der Waals surface area contributed by atoms with Crippen LogP contribution in [-0.2, 0) is 11.3 Å². The smallest absolute Gasteiger partial charge is 0.252 e. The van der Waals surface area contributed by atoms with Crippen molar-refractivity contribution in [2.45, 2.75) is 58.1 Å². The average molecular weight is 502 g/mol. The van der Waals surface area contributed by atoms with Crippen LogP contribution in [0.5, 0.6) is 0 Å². The van der Waals surface area contributed by atoms with Gasteiger partial charge in [-0.1, -0.05) is 24.6 Å². The minimum atomic E-state index is -0.944. The molecule has 0 radical (unpaired) electrons. The molecule has 1 aliphatic carbocycles. The molecule has 9 heteroatoms. The van der Waals surface area contributed by atoms with E-state index in [4.69, 9.17) is 11.6 Å². The number of nitrogens with zero attached hydrogens (tertiary/aromatic N) is 3. The molecule has 2 amide bonds. The lowest BCUT2D eigenvalue weighted by Gasteiger charge is -2.34. The molecule has 3 N–H and O–H groups in total. The van der Waals surface area contributed by atoms with Gasteiger partial charge in [-0.25, -0.2) is 0 Å². The van der Waals surface area contributed by atoms with E-state index in [0.717, 1.165) is 43.6 Å². The summed E-state index contributed by atoms with van der Waals surface area (Å²) in [7, 11) is 2.07. The molecule has 1 aliphatic heterocycles. The first-order valence-electron chi connectivity index (χ1n) is 12.4. The number of aliphatic hydroxyl groups is 1. The molecule has 1 aromatic heterocycles. The number of benzene rings is 1. The van der Waals surface area contributed by atoms with Crippen molar-refractivity contribution >= 4 is 23.4 Å². The van der Waals surface area contributed by atoms with Crippen LogP contribution in [0.1, 0.15) is 55.1 Å². The second-order valence-corrected chi connectivity index (χ2v) is 11.1. The Morgan fingerprint density at radius 2 is 1.91 bits per heavy atom. The summed E-state index contributed by atoms with van der Waals surface area (Å²) in [5.74, 6) is -0.408. The zero-order valence-electron chi connectivity index (χ0n) is 20.9. The van der Waals surface area contributed by atoms with Crippen molar-refractivity contribution in [2.75, 3.05) is 33.2 Å². The number of amides is 2. The topological polar surface area (TPSA) is 99.5 Å². The van der Waals surface area contributed by atoms with Crippen molar-refractivity contribution in [2.24, 2.45) is 5.41 Å². The number of aryl methyl sites for hydroxylation is 1. The minimum Gasteiger partial charge on any atom is -0.388 e. The van der Waals surface area contributed by atoms with Crippen LogP contribution in [0, 0.1) is 12.3 Å². The summed E-state index contributed by atoms with van der Waals surface area (Å²) in [6.07, 6.45) is 4.04. The van der Waals surface area contributed by atoms with Gasteiger partial charge >= 0.3 is 0 Å². The van der Waals surface area contributed by atoms with Crippen LogP contribution in [0.2, 0.25) is 5.02 Å². The van der Waals surface area contributed by atoms with E-state index in [2.05, 4.69) is 34.6 Å². The molecule has 4 rings (SSSR count). The molecule has 2 aromatic rings. The second-order valence-electron chi connectivity index (χ2n) is 10.7. The van der Waals surface area contributed by atoms with Crippen LogP contribution in [0.3, 0.4) is 0 Å². The van der Waals surface area contributed by atoms with Crippen molar-refractivity contribution in [1.29, 1.82) is 0 Å². The Morgan fingerprint density at radius 1 is 1.11 bits per heavy atom. The number of nitrogens with one attached hydrogen (secondary N) is 2. The number of β-amino-alcohol motifs (C(OH)–C–C–N with tert-alkyl or cyclic N) is 1. The quantitative estimate of drug-likeness (QED) is 0.515. The largest absolute Gasteiger partial charge is 0.388 e. The standard InChI is InChI=1S/C26H36ClN5O3/c1-18-13-22-19-5-6-21(27)20(14-19)24(34)29-16-26(35)8-4-7-25(2,9-10-26)17-31(3)12-11-28-23(33)15-32(18)30-22/h5-6,13-14,35H,4,7-12,15-17H2,1-3H3,(H,28,33)(H,29,34)/t25-,26?/m1/s1. The summed E-state index contributed by atoms with van der Waals surface area (Å²) in [5.41, 5.74) is 1.71. The summed E-state index contributed by atoms with van der Waals surface area (Å²) in [5, 5.41) is 22.2. The van der Waals surface area contributed by atoms with Gasteiger partial charge in [-0.15, -0.1) is 0 Å². The van der Waals surface area contributed by atoms with Crippen LogP contribution in [0.25, 0.3) is 11.3 Å². The lowest BCUT2D eigenvalue weighted by Crippen LogP contribution is -2.43. The first-order valence-corrected chi connectivity index (χ1v) is 12.7. The Bertz CT molecular complexity index is 1100. The number of likely N-dealkylation sites (N-methyl/N-ethyl adjacent to an activating group) is 1. The van der Waals surface area contributed by atoms with Gasteiger partial charge in [0.05, 0.1) is 21.9 Å². The Balaban J connectivity index is 1.63. The Morgan fingerprint density at radius 3 is 2.71 bits per heavy atom. The maximum absolute atomic E-state index is 13.1. The van der Waals surface area contributed by atoms with Crippen molar-refractivity contribution in [3.8, 4) is 11.3 Å². The number of fused-ring (bicyclic) bond motifs is 8. The number of hydrogen-bond donors (Lipinski definition) is 3. The SMILES string of the molecule is Cc1cc2nn1CC(=O)NCCN(C)C[C@]1(C)CCCC(O)(CC1)CNC(=O)c1cc-2ccc1Cl. The van der Waals surface area contributed by atoms with Gasteiger partial charge < -0.3 is 20.6 Å². The third-order valence-electron chi connectivity index (χ3n) is 7.44. The van der Waals surface area contributed by atoms with E-state index in [9.17, 15) is 14.7 Å². The van der Waals surface area contributed by atoms with Crippen LogP contribution in [0.15, 0.2) is 24.3 Å². The average Bonchev–Trinajstić information content (AvgIpc) is 3.08. The van der Waals surface area contributed by atoms with Crippen molar-refractivity contribution in [3.63, 3.8) is 0 Å². The molecular formula is C26H36ClN5O3. The van der Waals surface area contributed by atoms with Crippen molar-refractivity contribution in [3.05, 3.63) is 40.5 Å². The summed E-state index contributed by atoms with van der Waals surface area (Å²) >= 11 is 6.37. The summed E-state index contributed by atoms with van der Waals surface area (Å²) in [4.78, 5) is 27.9. The summed E-state index contributed by atoms with van der Waals surface area (Å²) in [6, 6.07) is 7.10. The molecule has 1 aromatic carbocycles. The molecule has 2 aliphatic rings. The monoisotopic (exact) mass is 501 g/mol. The normalized spacial score (nSPS) is 27.1. The lowest BCUT2D eigenvalue weighted by atomic mass is 9.81. The fraction of sp³-hybridized carbons (Fsp3) is 0.577. The van der Waals surface area contributed by atoms with Crippen LogP contribution < -0.4 is 10.6 Å². The van der Waals surface area contributed by atoms with Gasteiger partial charge in [-0.2, -0.15) is 5.10 Å². The maximum atomic E-state index is 13.1. The summed E-state index contributed by atoms with van der Waals surface area (Å²) < 4.78 is 1.67. The molecule has 2 atom stereocenters. The fourth-order valence-electron chi connectivity index (χ4n) is 5.28.